The van der Waals surface area contributed by atoms with Gasteiger partial charge < -0.3 is 5.32 Å². The fourth-order valence-corrected chi connectivity index (χ4v) is 8.75. The lowest BCUT2D eigenvalue weighted by atomic mass is 9.79. The summed E-state index contributed by atoms with van der Waals surface area (Å²) in [5, 5.41) is 4.15. The summed E-state index contributed by atoms with van der Waals surface area (Å²) in [5.41, 5.74) is 1.23. The molecule has 0 saturated heterocycles. The Kier molecular flexibility index (Phi) is 4.10. The van der Waals surface area contributed by atoms with Crippen LogP contribution in [0.4, 0.5) is 5.69 Å². The van der Waals surface area contributed by atoms with Crippen LogP contribution in [0.2, 0.25) is 0 Å². The van der Waals surface area contributed by atoms with Gasteiger partial charge in [0.1, 0.15) is 0 Å². The molecule has 0 spiro atoms. The lowest BCUT2D eigenvalue weighted by Gasteiger charge is -2.32. The highest BCUT2D eigenvalue weighted by atomic mass is 32.2. The summed E-state index contributed by atoms with van der Waals surface area (Å²) in [6.45, 7) is 2.06. The van der Waals surface area contributed by atoms with Crippen LogP contribution in [-0.2, 0) is 10.0 Å². The molecule has 3 fully saturated rings. The van der Waals surface area contributed by atoms with Crippen molar-refractivity contribution in [2.75, 3.05) is 5.32 Å². The number of anilines is 1. The zero-order chi connectivity index (χ0) is 20.6. The third-order valence-corrected chi connectivity index (χ3v) is 9.99. The van der Waals surface area contributed by atoms with Gasteiger partial charge in [0.05, 0.1) is 4.90 Å². The van der Waals surface area contributed by atoms with Crippen molar-refractivity contribution in [3.63, 3.8) is 0 Å². The molecule has 158 valence electrons. The summed E-state index contributed by atoms with van der Waals surface area (Å²) >= 11 is 0. The first-order chi connectivity index (χ1) is 14.4. The molecule has 6 rings (SSSR count). The van der Waals surface area contributed by atoms with E-state index >= 15 is 0 Å². The Morgan fingerprint density at radius 2 is 1.87 bits per heavy atom. The summed E-state index contributed by atoms with van der Waals surface area (Å²) in [7, 11) is -3.69. The van der Waals surface area contributed by atoms with Gasteiger partial charge >= 0.3 is 0 Å². The maximum absolute atomic E-state index is 13.5. The van der Waals surface area contributed by atoms with Crippen LogP contribution in [0.3, 0.4) is 0 Å². The fraction of sp³-hybridized carbons (Fsp3) is 0.542. The van der Waals surface area contributed by atoms with E-state index < -0.39 is 10.0 Å². The van der Waals surface area contributed by atoms with Gasteiger partial charge in [-0.05, 0) is 86.8 Å². The summed E-state index contributed by atoms with van der Waals surface area (Å²) in [4.78, 5) is 12.5. The number of nitrogens with one attached hydrogen (secondary N) is 2. The van der Waals surface area contributed by atoms with E-state index in [4.69, 9.17) is 0 Å². The monoisotopic (exact) mass is 424 g/mol. The molecule has 0 radical (unpaired) electrons. The van der Waals surface area contributed by atoms with Gasteiger partial charge in [0.15, 0.2) is 0 Å². The second kappa shape index (κ2) is 6.54. The van der Waals surface area contributed by atoms with Gasteiger partial charge in [-0.15, -0.1) is 0 Å². The second-order valence-electron chi connectivity index (χ2n) is 10.0. The molecule has 2 aromatic carbocycles. The van der Waals surface area contributed by atoms with Crippen LogP contribution in [-0.4, -0.2) is 20.4 Å². The molecular weight excluding hydrogens is 396 g/mol. The van der Waals surface area contributed by atoms with Crippen molar-refractivity contribution in [1.82, 2.24) is 4.72 Å². The number of amides is 1. The van der Waals surface area contributed by atoms with Gasteiger partial charge in [0, 0.05) is 28.1 Å². The van der Waals surface area contributed by atoms with Crippen molar-refractivity contribution < 1.29 is 13.2 Å². The van der Waals surface area contributed by atoms with E-state index in [1.165, 1.54) is 32.1 Å². The number of carbonyl (C=O) groups is 1. The molecule has 3 aliphatic carbocycles. The average molecular weight is 425 g/mol. The van der Waals surface area contributed by atoms with Crippen LogP contribution >= 0.6 is 0 Å². The molecule has 3 saturated carbocycles. The highest BCUT2D eigenvalue weighted by Gasteiger charge is 2.47. The Hall–Kier alpha value is -1.92. The highest BCUT2D eigenvalue weighted by Crippen LogP contribution is 2.56. The number of benzene rings is 2. The molecule has 4 aliphatic rings. The lowest BCUT2D eigenvalue weighted by Crippen LogP contribution is -2.41. The maximum Gasteiger partial charge on any atom is 0.256 e. The highest BCUT2D eigenvalue weighted by molar-refractivity contribution is 7.89. The number of hydrogen-bond acceptors (Lipinski definition) is 3. The third kappa shape index (κ3) is 2.76. The lowest BCUT2D eigenvalue weighted by molar-refractivity contribution is 0.103. The third-order valence-electron chi connectivity index (χ3n) is 8.37. The molecule has 1 aliphatic heterocycles. The molecule has 2 aromatic rings. The molecule has 2 N–H and O–H groups in total. The molecule has 6 heteroatoms. The van der Waals surface area contributed by atoms with Gasteiger partial charge in [-0.3, -0.25) is 4.79 Å². The van der Waals surface area contributed by atoms with E-state index in [9.17, 15) is 13.2 Å². The molecule has 5 nitrogen and oxygen atoms in total. The van der Waals surface area contributed by atoms with Gasteiger partial charge in [-0.1, -0.05) is 18.6 Å². The topological polar surface area (TPSA) is 75.3 Å². The summed E-state index contributed by atoms with van der Waals surface area (Å²) in [5.74, 6) is 3.42. The average Bonchev–Trinajstić information content (AvgIpc) is 3.14. The molecular formula is C24H28N2O3S. The summed E-state index contributed by atoms with van der Waals surface area (Å²) < 4.78 is 30.0. The SMILES string of the molecule is CC(NS(=O)(=O)c1ccc2c3c(cccc13)C(=O)N2)C1CCC2CC3CC(C2)C1C3. The van der Waals surface area contributed by atoms with E-state index in [1.807, 2.05) is 0 Å². The zero-order valence-electron chi connectivity index (χ0n) is 17.2. The maximum atomic E-state index is 13.5. The van der Waals surface area contributed by atoms with Crippen molar-refractivity contribution in [2.45, 2.75) is 56.4 Å². The van der Waals surface area contributed by atoms with Gasteiger partial charge in [-0.25, -0.2) is 13.1 Å². The second-order valence-corrected chi connectivity index (χ2v) is 11.7. The first-order valence-corrected chi connectivity index (χ1v) is 12.8. The Labute approximate surface area is 177 Å². The van der Waals surface area contributed by atoms with Gasteiger partial charge in [0.25, 0.3) is 5.91 Å². The van der Waals surface area contributed by atoms with Crippen molar-refractivity contribution in [1.29, 1.82) is 0 Å². The van der Waals surface area contributed by atoms with E-state index in [2.05, 4.69) is 17.0 Å². The zero-order valence-corrected chi connectivity index (χ0v) is 18.0. The minimum Gasteiger partial charge on any atom is -0.321 e. The Bertz CT molecular complexity index is 1160. The Morgan fingerprint density at radius 3 is 2.73 bits per heavy atom. The number of rotatable bonds is 4. The van der Waals surface area contributed by atoms with Crippen LogP contribution in [0, 0.1) is 29.6 Å². The van der Waals surface area contributed by atoms with Crippen molar-refractivity contribution in [2.24, 2.45) is 29.6 Å². The van der Waals surface area contributed by atoms with Gasteiger partial charge in [-0.2, -0.15) is 0 Å². The molecule has 6 unspecified atom stereocenters. The first kappa shape index (κ1) is 18.8. The van der Waals surface area contributed by atoms with E-state index in [1.54, 1.807) is 30.3 Å². The Balaban J connectivity index is 1.33. The fourth-order valence-electron chi connectivity index (χ4n) is 7.25. The number of hydrogen-bond donors (Lipinski definition) is 2. The smallest absolute Gasteiger partial charge is 0.256 e. The van der Waals surface area contributed by atoms with Crippen molar-refractivity contribution in [3.8, 4) is 0 Å². The number of fused-ring (bicyclic) bond motifs is 2. The largest absolute Gasteiger partial charge is 0.321 e. The van der Waals surface area contributed by atoms with Crippen molar-refractivity contribution in [3.05, 3.63) is 35.9 Å². The van der Waals surface area contributed by atoms with Gasteiger partial charge in [0.2, 0.25) is 10.0 Å². The van der Waals surface area contributed by atoms with E-state index in [-0.39, 0.29) is 16.8 Å². The van der Waals surface area contributed by atoms with E-state index in [0.29, 0.717) is 33.9 Å². The normalized spacial score (nSPS) is 33.0. The van der Waals surface area contributed by atoms with Crippen molar-refractivity contribution >= 4 is 32.4 Å². The predicted octanol–water partition coefficient (Wildman–Crippen LogP) is 4.53. The molecule has 30 heavy (non-hydrogen) atoms. The predicted molar refractivity (Wildman–Crippen MR) is 117 cm³/mol. The molecule has 3 bridgehead atoms. The minimum atomic E-state index is -3.69. The quantitative estimate of drug-likeness (QED) is 0.757. The summed E-state index contributed by atoms with van der Waals surface area (Å²) in [6, 6.07) is 8.56. The first-order valence-electron chi connectivity index (χ1n) is 11.3. The molecule has 0 aromatic heterocycles. The summed E-state index contributed by atoms with van der Waals surface area (Å²) in [6.07, 6.45) is 7.76. The molecule has 1 amide bonds. The van der Waals surface area contributed by atoms with Crippen LogP contribution in [0.5, 0.6) is 0 Å². The van der Waals surface area contributed by atoms with Crippen LogP contribution in [0.1, 0.15) is 55.8 Å². The molecule has 1 heterocycles. The van der Waals surface area contributed by atoms with Crippen LogP contribution < -0.4 is 10.0 Å². The number of carbonyl (C=O) groups excluding carboxylic acids is 1. The standard InChI is InChI=1S/C24H28N2O3S/c1-13(17-6-5-14-9-15-11-16(10-14)20(17)12-15)26-30(28,29)22-8-7-21-23-18(22)3-2-4-19(23)24(27)25-21/h2-4,7-8,13-17,20,26H,5-6,9-12H2,1H3,(H,25,27). The minimum absolute atomic E-state index is 0.0825. The molecule has 6 atom stereocenters. The Morgan fingerprint density at radius 1 is 1.03 bits per heavy atom. The van der Waals surface area contributed by atoms with E-state index in [0.717, 1.165) is 24.2 Å². The van der Waals surface area contributed by atoms with Crippen LogP contribution in [0.25, 0.3) is 10.8 Å². The van der Waals surface area contributed by atoms with Crippen LogP contribution in [0.15, 0.2) is 35.2 Å². The number of sulfonamides is 1.